The molecule has 40 heavy (non-hydrogen) atoms. The third-order valence-electron chi connectivity index (χ3n) is 7.19. The maximum atomic E-state index is 14.8. The molecule has 0 aliphatic carbocycles. The fourth-order valence-corrected chi connectivity index (χ4v) is 6.91. The molecule has 3 heterocycles. The summed E-state index contributed by atoms with van der Waals surface area (Å²) in [5.74, 6) is -1.24. The predicted octanol–water partition coefficient (Wildman–Crippen LogP) is 3.22. The van der Waals surface area contributed by atoms with Crippen molar-refractivity contribution in [2.24, 2.45) is 0 Å². The number of piperidine rings is 1. The maximum Gasteiger partial charge on any atom is 0.301 e. The maximum absolute atomic E-state index is 14.8. The van der Waals surface area contributed by atoms with Gasteiger partial charge in [-0.2, -0.15) is 18.0 Å². The normalized spacial score (nSPS) is 18.7. The number of rotatable bonds is 8. The van der Waals surface area contributed by atoms with Crippen LogP contribution in [0.3, 0.4) is 0 Å². The molecular formula is C26H29FN6O5S2. The molecule has 2 aromatic carbocycles. The molecule has 1 unspecified atom stereocenters. The Bertz CT molecular complexity index is 1640. The highest BCUT2D eigenvalue weighted by Gasteiger charge is 2.41. The highest BCUT2D eigenvalue weighted by atomic mass is 32.2. The van der Waals surface area contributed by atoms with Crippen molar-refractivity contribution in [2.75, 3.05) is 38.0 Å². The molecular weight excluding hydrogens is 559 g/mol. The molecule has 0 radical (unpaired) electrons. The number of anilines is 1. The number of hydrogen-bond acceptors (Lipinski definition) is 9. The first-order chi connectivity index (χ1) is 19.1. The molecule has 3 aromatic rings. The lowest BCUT2D eigenvalue weighted by Gasteiger charge is -2.32. The zero-order chi connectivity index (χ0) is 28.5. The summed E-state index contributed by atoms with van der Waals surface area (Å²) in [7, 11) is -2.60. The van der Waals surface area contributed by atoms with E-state index in [9.17, 15) is 22.9 Å². The van der Waals surface area contributed by atoms with Gasteiger partial charge in [0.1, 0.15) is 23.7 Å². The highest BCUT2D eigenvalue weighted by molar-refractivity contribution is 7.98. The fourth-order valence-electron chi connectivity index (χ4n) is 4.84. The summed E-state index contributed by atoms with van der Waals surface area (Å²) in [5.41, 5.74) is -0.491. The zero-order valence-electron chi connectivity index (χ0n) is 22.0. The van der Waals surface area contributed by atoms with Crippen molar-refractivity contribution in [3.8, 4) is 17.6 Å². The van der Waals surface area contributed by atoms with Crippen LogP contribution in [-0.4, -0.2) is 65.8 Å². The van der Waals surface area contributed by atoms with Gasteiger partial charge in [0.2, 0.25) is 0 Å². The summed E-state index contributed by atoms with van der Waals surface area (Å²) in [6, 6.07) is 8.48. The molecule has 0 amide bonds. The van der Waals surface area contributed by atoms with Gasteiger partial charge in [0.05, 0.1) is 34.0 Å². The van der Waals surface area contributed by atoms with Crippen LogP contribution in [0.5, 0.6) is 11.5 Å². The summed E-state index contributed by atoms with van der Waals surface area (Å²) in [5, 5.41) is 13.4. The smallest absolute Gasteiger partial charge is 0.301 e. The summed E-state index contributed by atoms with van der Waals surface area (Å²) < 4.78 is 56.5. The number of nitrogens with zero attached hydrogens (tertiary/aromatic N) is 4. The third kappa shape index (κ3) is 5.65. The lowest BCUT2D eigenvalue weighted by atomic mass is 9.89. The Hall–Kier alpha value is -3.22. The van der Waals surface area contributed by atoms with Gasteiger partial charge >= 0.3 is 10.2 Å². The van der Waals surface area contributed by atoms with E-state index in [1.54, 1.807) is 13.0 Å². The van der Waals surface area contributed by atoms with Crippen LogP contribution >= 0.6 is 11.9 Å². The Balaban J connectivity index is 1.41. The highest BCUT2D eigenvalue weighted by Crippen LogP contribution is 2.39. The van der Waals surface area contributed by atoms with Gasteiger partial charge in [-0.1, -0.05) is 6.92 Å². The van der Waals surface area contributed by atoms with Gasteiger partial charge in [-0.05, 0) is 74.6 Å². The summed E-state index contributed by atoms with van der Waals surface area (Å²) in [6.45, 7) is 4.21. The number of ether oxygens (including phenoxy) is 2. The van der Waals surface area contributed by atoms with Crippen LogP contribution in [0.4, 0.5) is 10.1 Å². The third-order valence-corrected chi connectivity index (χ3v) is 9.83. The van der Waals surface area contributed by atoms with E-state index in [1.807, 2.05) is 6.07 Å². The average molecular weight is 589 g/mol. The number of hydrogen-bond donors (Lipinski definition) is 2. The minimum atomic E-state index is -3.97. The molecule has 2 aliphatic rings. The topological polar surface area (TPSA) is 139 Å². The van der Waals surface area contributed by atoms with Crippen molar-refractivity contribution in [3.63, 3.8) is 0 Å². The number of aromatic nitrogens is 2. The van der Waals surface area contributed by atoms with Crippen molar-refractivity contribution in [1.29, 1.82) is 5.26 Å². The van der Waals surface area contributed by atoms with Crippen LogP contribution < -0.4 is 20.3 Å². The van der Waals surface area contributed by atoms with Crippen molar-refractivity contribution in [2.45, 2.75) is 37.0 Å². The SMILES string of the molecule is CCN(C)S(=O)(=O)Nc1ccc(F)c(Oc2ccc3ncn(SC4COC5(CCNCC5)C4)c(=O)c3c2)c1C#N. The van der Waals surface area contributed by atoms with Crippen molar-refractivity contribution in [3.05, 3.63) is 58.4 Å². The summed E-state index contributed by atoms with van der Waals surface area (Å²) >= 11 is 1.37. The van der Waals surface area contributed by atoms with Crippen molar-refractivity contribution in [1.82, 2.24) is 18.6 Å². The lowest BCUT2D eigenvalue weighted by molar-refractivity contribution is -0.0190. The molecule has 2 aliphatic heterocycles. The number of nitrogens with one attached hydrogen (secondary N) is 2. The Morgan fingerprint density at radius 3 is 2.85 bits per heavy atom. The zero-order valence-corrected chi connectivity index (χ0v) is 23.6. The quantitative estimate of drug-likeness (QED) is 0.406. The van der Waals surface area contributed by atoms with E-state index in [4.69, 9.17) is 9.47 Å². The van der Waals surface area contributed by atoms with Gasteiger partial charge in [0, 0.05) is 13.6 Å². The van der Waals surface area contributed by atoms with E-state index in [0.717, 1.165) is 48.8 Å². The number of halogens is 1. The molecule has 1 aromatic heterocycles. The van der Waals surface area contributed by atoms with Gasteiger partial charge in [-0.15, -0.1) is 0 Å². The van der Waals surface area contributed by atoms with Gasteiger partial charge in [0.15, 0.2) is 11.6 Å². The molecule has 5 rings (SSSR count). The first kappa shape index (κ1) is 28.3. The first-order valence-corrected chi connectivity index (χ1v) is 15.1. The van der Waals surface area contributed by atoms with Crippen LogP contribution in [0, 0.1) is 17.1 Å². The van der Waals surface area contributed by atoms with E-state index in [-0.39, 0.29) is 45.3 Å². The molecule has 212 valence electrons. The van der Waals surface area contributed by atoms with E-state index >= 15 is 0 Å². The number of fused-ring (bicyclic) bond motifs is 1. The van der Waals surface area contributed by atoms with Gasteiger partial charge in [0.25, 0.3) is 5.56 Å². The molecule has 14 heteroatoms. The molecule has 0 bridgehead atoms. The molecule has 1 atom stereocenters. The van der Waals surface area contributed by atoms with Crippen LogP contribution in [0.15, 0.2) is 41.5 Å². The largest absolute Gasteiger partial charge is 0.453 e. The predicted molar refractivity (Wildman–Crippen MR) is 150 cm³/mol. The molecule has 2 N–H and O–H groups in total. The average Bonchev–Trinajstić information content (AvgIpc) is 3.33. The van der Waals surface area contributed by atoms with Crippen LogP contribution in [-0.2, 0) is 14.9 Å². The monoisotopic (exact) mass is 588 g/mol. The molecule has 2 fully saturated rings. The number of nitriles is 1. The van der Waals surface area contributed by atoms with E-state index in [1.165, 1.54) is 41.4 Å². The second kappa shape index (κ2) is 11.3. The molecule has 1 spiro atoms. The van der Waals surface area contributed by atoms with Crippen LogP contribution in [0.25, 0.3) is 10.9 Å². The Morgan fingerprint density at radius 1 is 1.35 bits per heavy atom. The fraction of sp³-hybridized carbons (Fsp3) is 0.423. The molecule has 0 saturated carbocycles. The summed E-state index contributed by atoms with van der Waals surface area (Å²) in [6.07, 6.45) is 4.21. The second-order valence-electron chi connectivity index (χ2n) is 9.76. The van der Waals surface area contributed by atoms with Gasteiger partial charge in [-0.25, -0.2) is 13.3 Å². The first-order valence-electron chi connectivity index (χ1n) is 12.8. The van der Waals surface area contributed by atoms with Gasteiger partial charge < -0.3 is 14.8 Å². The lowest BCUT2D eigenvalue weighted by Crippen LogP contribution is -2.41. The molecule has 2 saturated heterocycles. The Labute approximate surface area is 235 Å². The van der Waals surface area contributed by atoms with E-state index in [2.05, 4.69) is 15.0 Å². The van der Waals surface area contributed by atoms with Crippen LogP contribution in [0.1, 0.15) is 31.7 Å². The number of benzene rings is 2. The summed E-state index contributed by atoms with van der Waals surface area (Å²) in [4.78, 5) is 17.8. The van der Waals surface area contributed by atoms with Gasteiger partial charge in [-0.3, -0.25) is 9.52 Å². The molecule has 11 nitrogen and oxygen atoms in total. The minimum Gasteiger partial charge on any atom is -0.453 e. The Kier molecular flexibility index (Phi) is 8.03. The Morgan fingerprint density at radius 2 is 2.12 bits per heavy atom. The van der Waals surface area contributed by atoms with Crippen molar-refractivity contribution < 1.29 is 22.3 Å². The van der Waals surface area contributed by atoms with Crippen LogP contribution in [0.2, 0.25) is 0 Å². The van der Waals surface area contributed by atoms with E-state index in [0.29, 0.717) is 12.1 Å². The van der Waals surface area contributed by atoms with Crippen molar-refractivity contribution >= 4 is 38.7 Å². The van der Waals surface area contributed by atoms with E-state index < -0.39 is 21.8 Å². The second-order valence-corrected chi connectivity index (χ2v) is 12.8. The standard InChI is InChI=1S/C26H29FN6O5S2/c1-3-32(2)40(35,36)31-23-7-5-21(27)24(20(23)14-28)38-17-4-6-22-19(12-17)25(34)33(16-30-22)39-18-13-26(37-15-18)8-10-29-11-9-26/h4-7,12,16,18,29,31H,3,8-11,13,15H2,1-2H3. The minimum absolute atomic E-state index is 0.0908.